The van der Waals surface area contributed by atoms with Crippen LogP contribution in [0.2, 0.25) is 0 Å². The Hall–Kier alpha value is -1.40. The van der Waals surface area contributed by atoms with Gasteiger partial charge in [0.05, 0.1) is 18.9 Å². The number of nitrogens with zero attached hydrogens (tertiary/aromatic N) is 3. The zero-order valence-corrected chi connectivity index (χ0v) is 13.0. The summed E-state index contributed by atoms with van der Waals surface area (Å²) in [6, 6.07) is 0. The molecule has 2 aliphatic rings. The van der Waals surface area contributed by atoms with Gasteiger partial charge in [-0.1, -0.05) is 5.16 Å². The third-order valence-corrected chi connectivity index (χ3v) is 4.61. The van der Waals surface area contributed by atoms with E-state index < -0.39 is 0 Å². The summed E-state index contributed by atoms with van der Waals surface area (Å²) in [4.78, 5) is 16.1. The van der Waals surface area contributed by atoms with Gasteiger partial charge in [0.15, 0.2) is 0 Å². The molecule has 0 aliphatic carbocycles. The Bertz CT molecular complexity index is 523. The Labute approximate surface area is 125 Å². The molecule has 3 rings (SSSR count). The van der Waals surface area contributed by atoms with Crippen molar-refractivity contribution in [2.75, 3.05) is 39.9 Å². The van der Waals surface area contributed by atoms with Crippen LogP contribution in [-0.4, -0.2) is 60.8 Å². The molecule has 1 aromatic rings. The van der Waals surface area contributed by atoms with E-state index in [2.05, 4.69) is 10.1 Å². The number of rotatable bonds is 2. The van der Waals surface area contributed by atoms with Crippen LogP contribution >= 0.6 is 0 Å². The average molecular weight is 293 g/mol. The van der Waals surface area contributed by atoms with Gasteiger partial charge in [0.1, 0.15) is 5.76 Å². The first-order valence-corrected chi connectivity index (χ1v) is 7.45. The molecule has 0 saturated carbocycles. The van der Waals surface area contributed by atoms with Gasteiger partial charge in [-0.2, -0.15) is 0 Å². The van der Waals surface area contributed by atoms with Crippen LogP contribution in [0.25, 0.3) is 0 Å². The minimum atomic E-state index is -0.0681. The van der Waals surface area contributed by atoms with Crippen LogP contribution in [0.4, 0.5) is 0 Å². The standard InChI is InChI=1S/C15H23N3O3/c1-11-13(12(2)21-16-11)7-18-4-5-20-10-15(9-18)6-14(19)17(3)8-15/h4-10H2,1-3H3/t15-/m1/s1. The van der Waals surface area contributed by atoms with Crippen LogP contribution in [-0.2, 0) is 16.1 Å². The molecule has 0 N–H and O–H groups in total. The second-order valence-corrected chi connectivity index (χ2v) is 6.49. The van der Waals surface area contributed by atoms with Crippen LogP contribution in [0.5, 0.6) is 0 Å². The lowest BCUT2D eigenvalue weighted by Crippen LogP contribution is -2.40. The summed E-state index contributed by atoms with van der Waals surface area (Å²) >= 11 is 0. The fourth-order valence-corrected chi connectivity index (χ4v) is 3.47. The van der Waals surface area contributed by atoms with E-state index in [4.69, 9.17) is 9.26 Å². The molecule has 1 spiro atoms. The average Bonchev–Trinajstić information content (AvgIpc) is 2.80. The van der Waals surface area contributed by atoms with Gasteiger partial charge in [-0.3, -0.25) is 9.69 Å². The second-order valence-electron chi connectivity index (χ2n) is 6.49. The molecule has 116 valence electrons. The number of likely N-dealkylation sites (tertiary alicyclic amines) is 1. The van der Waals surface area contributed by atoms with E-state index in [0.717, 1.165) is 43.2 Å². The number of hydrogen-bond acceptors (Lipinski definition) is 5. The van der Waals surface area contributed by atoms with E-state index in [0.29, 0.717) is 19.6 Å². The molecule has 6 nitrogen and oxygen atoms in total. The van der Waals surface area contributed by atoms with E-state index in [1.807, 2.05) is 25.8 Å². The maximum atomic E-state index is 11.9. The summed E-state index contributed by atoms with van der Waals surface area (Å²) in [6.07, 6.45) is 0.585. The molecule has 1 amide bonds. The highest BCUT2D eigenvalue weighted by Gasteiger charge is 2.44. The van der Waals surface area contributed by atoms with Gasteiger partial charge in [-0.15, -0.1) is 0 Å². The van der Waals surface area contributed by atoms with Crippen molar-refractivity contribution in [3.63, 3.8) is 0 Å². The Balaban J connectivity index is 1.75. The predicted octanol–water partition coefficient (Wildman–Crippen LogP) is 0.972. The van der Waals surface area contributed by atoms with Crippen molar-refractivity contribution in [3.8, 4) is 0 Å². The van der Waals surface area contributed by atoms with Gasteiger partial charge in [0.25, 0.3) is 0 Å². The largest absolute Gasteiger partial charge is 0.379 e. The lowest BCUT2D eigenvalue weighted by molar-refractivity contribution is -0.126. The summed E-state index contributed by atoms with van der Waals surface area (Å²) in [5, 5.41) is 4.02. The van der Waals surface area contributed by atoms with Crippen molar-refractivity contribution >= 4 is 5.91 Å². The van der Waals surface area contributed by atoms with Crippen LogP contribution in [0.3, 0.4) is 0 Å². The van der Waals surface area contributed by atoms with Crippen molar-refractivity contribution in [2.24, 2.45) is 5.41 Å². The number of carbonyl (C=O) groups is 1. The number of aromatic nitrogens is 1. The molecule has 0 aromatic carbocycles. The first kappa shape index (κ1) is 14.5. The molecule has 2 aliphatic heterocycles. The summed E-state index contributed by atoms with van der Waals surface area (Å²) in [6.45, 7) is 8.66. The SMILES string of the molecule is Cc1noc(C)c1CN1CCOC[C@@]2(CC(=O)N(C)C2)C1. The van der Waals surface area contributed by atoms with Crippen LogP contribution < -0.4 is 0 Å². The maximum absolute atomic E-state index is 11.9. The van der Waals surface area contributed by atoms with E-state index in [1.54, 1.807) is 0 Å². The Kier molecular flexibility index (Phi) is 3.75. The maximum Gasteiger partial charge on any atom is 0.223 e. The summed E-state index contributed by atoms with van der Waals surface area (Å²) in [5.41, 5.74) is 2.04. The highest BCUT2D eigenvalue weighted by Crippen LogP contribution is 2.34. The molecule has 3 heterocycles. The predicted molar refractivity (Wildman–Crippen MR) is 76.8 cm³/mol. The second kappa shape index (κ2) is 5.42. The van der Waals surface area contributed by atoms with Crippen LogP contribution in [0, 0.1) is 19.3 Å². The van der Waals surface area contributed by atoms with Crippen molar-refractivity contribution in [2.45, 2.75) is 26.8 Å². The third kappa shape index (κ3) is 2.82. The van der Waals surface area contributed by atoms with E-state index >= 15 is 0 Å². The Morgan fingerprint density at radius 2 is 2.14 bits per heavy atom. The highest BCUT2D eigenvalue weighted by atomic mass is 16.5. The highest BCUT2D eigenvalue weighted by molar-refractivity contribution is 5.79. The lowest BCUT2D eigenvalue weighted by atomic mass is 9.87. The summed E-state index contributed by atoms with van der Waals surface area (Å²) < 4.78 is 11.0. The zero-order chi connectivity index (χ0) is 15.0. The minimum Gasteiger partial charge on any atom is -0.379 e. The zero-order valence-electron chi connectivity index (χ0n) is 13.0. The van der Waals surface area contributed by atoms with Gasteiger partial charge >= 0.3 is 0 Å². The number of amides is 1. The van der Waals surface area contributed by atoms with Gasteiger partial charge < -0.3 is 14.2 Å². The molecule has 21 heavy (non-hydrogen) atoms. The molecule has 6 heteroatoms. The van der Waals surface area contributed by atoms with Crippen molar-refractivity contribution in [1.29, 1.82) is 0 Å². The van der Waals surface area contributed by atoms with Crippen molar-refractivity contribution in [1.82, 2.24) is 15.0 Å². The van der Waals surface area contributed by atoms with E-state index in [1.165, 1.54) is 0 Å². The van der Waals surface area contributed by atoms with E-state index in [9.17, 15) is 4.79 Å². The third-order valence-electron chi connectivity index (χ3n) is 4.61. The molecular weight excluding hydrogens is 270 g/mol. The Morgan fingerprint density at radius 1 is 1.33 bits per heavy atom. The Morgan fingerprint density at radius 3 is 2.76 bits per heavy atom. The number of ether oxygens (including phenoxy) is 1. The lowest BCUT2D eigenvalue weighted by Gasteiger charge is -2.30. The molecule has 1 atom stereocenters. The van der Waals surface area contributed by atoms with Gasteiger partial charge in [0, 0.05) is 50.6 Å². The topological polar surface area (TPSA) is 58.8 Å². The molecule has 0 bridgehead atoms. The number of hydrogen-bond donors (Lipinski definition) is 0. The van der Waals surface area contributed by atoms with Crippen molar-refractivity contribution < 1.29 is 14.1 Å². The normalized spacial score (nSPS) is 27.6. The first-order chi connectivity index (χ1) is 9.99. The van der Waals surface area contributed by atoms with Crippen LogP contribution in [0.1, 0.15) is 23.4 Å². The number of aryl methyl sites for hydroxylation is 2. The van der Waals surface area contributed by atoms with E-state index in [-0.39, 0.29) is 11.3 Å². The molecule has 0 unspecified atom stereocenters. The van der Waals surface area contributed by atoms with Crippen LogP contribution in [0.15, 0.2) is 4.52 Å². The summed E-state index contributed by atoms with van der Waals surface area (Å²) in [7, 11) is 1.88. The fraction of sp³-hybridized carbons (Fsp3) is 0.733. The number of carbonyl (C=O) groups excluding carboxylic acids is 1. The van der Waals surface area contributed by atoms with Gasteiger partial charge in [-0.25, -0.2) is 0 Å². The van der Waals surface area contributed by atoms with Gasteiger partial charge in [0.2, 0.25) is 5.91 Å². The minimum absolute atomic E-state index is 0.0681. The molecule has 0 radical (unpaired) electrons. The molecule has 2 saturated heterocycles. The first-order valence-electron chi connectivity index (χ1n) is 7.45. The quantitative estimate of drug-likeness (QED) is 0.813. The van der Waals surface area contributed by atoms with Gasteiger partial charge in [-0.05, 0) is 13.8 Å². The monoisotopic (exact) mass is 293 g/mol. The smallest absolute Gasteiger partial charge is 0.223 e. The van der Waals surface area contributed by atoms with Crippen molar-refractivity contribution in [3.05, 3.63) is 17.0 Å². The molecule has 2 fully saturated rings. The molecular formula is C15H23N3O3. The summed E-state index contributed by atoms with van der Waals surface area (Å²) in [5.74, 6) is 1.10. The molecule has 1 aromatic heterocycles. The fourth-order valence-electron chi connectivity index (χ4n) is 3.47.